The summed E-state index contributed by atoms with van der Waals surface area (Å²) in [6.07, 6.45) is 5.58. The second kappa shape index (κ2) is 6.85. The van der Waals surface area contributed by atoms with Gasteiger partial charge in [-0.15, -0.1) is 0 Å². The highest BCUT2D eigenvalue weighted by Crippen LogP contribution is 2.23. The van der Waals surface area contributed by atoms with Crippen LogP contribution in [0.4, 0.5) is 0 Å². The van der Waals surface area contributed by atoms with Crippen LogP contribution in [0.3, 0.4) is 0 Å². The minimum atomic E-state index is 0.493. The lowest BCUT2D eigenvalue weighted by Crippen LogP contribution is -1.95. The van der Waals surface area contributed by atoms with Crippen molar-refractivity contribution in [2.24, 2.45) is 0 Å². The number of unbranched alkanes of at least 4 members (excludes halogenated alkanes) is 1. The monoisotopic (exact) mass is 295 g/mol. The summed E-state index contributed by atoms with van der Waals surface area (Å²) in [5.41, 5.74) is 1.75. The van der Waals surface area contributed by atoms with Gasteiger partial charge >= 0.3 is 0 Å². The maximum Gasteiger partial charge on any atom is 0.258 e. The van der Waals surface area contributed by atoms with Gasteiger partial charge in [0.05, 0.1) is 6.61 Å². The predicted octanol–water partition coefficient (Wildman–Crippen LogP) is 3.98. The Morgan fingerprint density at radius 3 is 2.50 bits per heavy atom. The first-order chi connectivity index (χ1) is 10.9. The first kappa shape index (κ1) is 14.3. The van der Waals surface area contributed by atoms with E-state index in [0.717, 1.165) is 36.3 Å². The summed E-state index contributed by atoms with van der Waals surface area (Å²) < 4.78 is 11.0. The molecule has 3 aromatic rings. The van der Waals surface area contributed by atoms with Crippen molar-refractivity contribution in [1.29, 1.82) is 0 Å². The Hall–Kier alpha value is -2.69. The summed E-state index contributed by atoms with van der Waals surface area (Å²) in [5.74, 6) is 1.90. The van der Waals surface area contributed by atoms with Crippen molar-refractivity contribution in [1.82, 2.24) is 15.1 Å². The van der Waals surface area contributed by atoms with Gasteiger partial charge in [0.15, 0.2) is 0 Å². The molecule has 2 aromatic heterocycles. The summed E-state index contributed by atoms with van der Waals surface area (Å²) in [7, 11) is 0. The van der Waals surface area contributed by atoms with Gasteiger partial charge in [0.1, 0.15) is 5.75 Å². The minimum Gasteiger partial charge on any atom is -0.494 e. The quantitative estimate of drug-likeness (QED) is 0.644. The van der Waals surface area contributed by atoms with E-state index in [9.17, 15) is 0 Å². The highest BCUT2D eigenvalue weighted by Gasteiger charge is 2.10. The number of aromatic nitrogens is 3. The summed E-state index contributed by atoms with van der Waals surface area (Å²) in [6, 6.07) is 11.4. The maximum atomic E-state index is 5.64. The number of pyridine rings is 1. The molecule has 0 saturated carbocycles. The lowest BCUT2D eigenvalue weighted by Gasteiger charge is -2.04. The average Bonchev–Trinajstić information content (AvgIpc) is 3.07. The molecule has 0 saturated heterocycles. The van der Waals surface area contributed by atoms with Gasteiger partial charge in [-0.2, -0.15) is 4.98 Å². The Bertz CT molecular complexity index is 708. The fourth-order valence-corrected chi connectivity index (χ4v) is 1.99. The van der Waals surface area contributed by atoms with Crippen molar-refractivity contribution < 1.29 is 9.26 Å². The molecule has 5 nitrogen and oxygen atoms in total. The largest absolute Gasteiger partial charge is 0.494 e. The third-order valence-electron chi connectivity index (χ3n) is 3.23. The van der Waals surface area contributed by atoms with E-state index in [4.69, 9.17) is 9.26 Å². The van der Waals surface area contributed by atoms with Crippen molar-refractivity contribution in [3.8, 4) is 28.6 Å². The molecule has 5 heteroatoms. The molecule has 3 rings (SSSR count). The van der Waals surface area contributed by atoms with Crippen molar-refractivity contribution >= 4 is 0 Å². The fourth-order valence-electron chi connectivity index (χ4n) is 1.99. The van der Waals surface area contributed by atoms with Crippen LogP contribution in [0.25, 0.3) is 22.8 Å². The molecule has 2 heterocycles. The number of hydrogen-bond donors (Lipinski definition) is 0. The molecular weight excluding hydrogens is 278 g/mol. The van der Waals surface area contributed by atoms with E-state index in [1.54, 1.807) is 12.4 Å². The maximum absolute atomic E-state index is 5.64. The van der Waals surface area contributed by atoms with Gasteiger partial charge in [-0.1, -0.05) is 18.5 Å². The highest BCUT2D eigenvalue weighted by molar-refractivity contribution is 5.59. The van der Waals surface area contributed by atoms with E-state index in [1.165, 1.54) is 0 Å². The van der Waals surface area contributed by atoms with Gasteiger partial charge in [-0.25, -0.2) is 0 Å². The van der Waals surface area contributed by atoms with Crippen LogP contribution in [0.2, 0.25) is 0 Å². The molecule has 1 aromatic carbocycles. The zero-order valence-electron chi connectivity index (χ0n) is 12.4. The third-order valence-corrected chi connectivity index (χ3v) is 3.23. The van der Waals surface area contributed by atoms with Gasteiger partial charge in [0.2, 0.25) is 5.82 Å². The van der Waals surface area contributed by atoms with Crippen molar-refractivity contribution in [3.05, 3.63) is 48.8 Å². The number of nitrogens with zero attached hydrogens (tertiary/aromatic N) is 3. The van der Waals surface area contributed by atoms with E-state index in [-0.39, 0.29) is 0 Å². The molecule has 0 radical (unpaired) electrons. The minimum absolute atomic E-state index is 0.493. The highest BCUT2D eigenvalue weighted by atomic mass is 16.5. The van der Waals surface area contributed by atoms with Crippen molar-refractivity contribution in [3.63, 3.8) is 0 Å². The summed E-state index contributed by atoms with van der Waals surface area (Å²) in [6.45, 7) is 2.88. The van der Waals surface area contributed by atoms with Crippen LogP contribution in [0.5, 0.6) is 5.75 Å². The molecule has 112 valence electrons. The van der Waals surface area contributed by atoms with Crippen LogP contribution in [0.15, 0.2) is 53.3 Å². The Morgan fingerprint density at radius 1 is 1.00 bits per heavy atom. The van der Waals surface area contributed by atoms with Crippen molar-refractivity contribution in [2.75, 3.05) is 6.61 Å². The first-order valence-electron chi connectivity index (χ1n) is 7.34. The van der Waals surface area contributed by atoms with Crippen LogP contribution in [0.1, 0.15) is 19.8 Å². The molecule has 0 aliphatic carbocycles. The molecule has 0 aliphatic rings. The van der Waals surface area contributed by atoms with E-state index in [1.807, 2.05) is 36.4 Å². The van der Waals surface area contributed by atoms with E-state index in [2.05, 4.69) is 22.0 Å². The van der Waals surface area contributed by atoms with Crippen LogP contribution >= 0.6 is 0 Å². The first-order valence-corrected chi connectivity index (χ1v) is 7.34. The van der Waals surface area contributed by atoms with Crippen LogP contribution < -0.4 is 4.74 Å². The van der Waals surface area contributed by atoms with Gasteiger partial charge in [0, 0.05) is 23.5 Å². The standard InChI is InChI=1S/C17H17N3O2/c1-2-3-12-21-15-6-4-14(5-7-15)17-19-16(20-22-17)13-8-10-18-11-9-13/h4-11H,2-3,12H2,1H3. The van der Waals surface area contributed by atoms with Gasteiger partial charge in [0.25, 0.3) is 5.89 Å². The van der Waals surface area contributed by atoms with Gasteiger partial charge in [-0.05, 0) is 42.8 Å². The Morgan fingerprint density at radius 2 is 1.77 bits per heavy atom. The molecule has 0 atom stereocenters. The zero-order chi connectivity index (χ0) is 15.2. The summed E-state index contributed by atoms with van der Waals surface area (Å²) >= 11 is 0. The average molecular weight is 295 g/mol. The number of hydrogen-bond acceptors (Lipinski definition) is 5. The summed E-state index contributed by atoms with van der Waals surface area (Å²) in [5, 5.41) is 4.00. The third kappa shape index (κ3) is 3.31. The molecule has 0 bridgehead atoms. The molecule has 0 unspecified atom stereocenters. The normalized spacial score (nSPS) is 10.6. The number of rotatable bonds is 6. The van der Waals surface area contributed by atoms with Crippen LogP contribution in [-0.2, 0) is 0 Å². The Labute approximate surface area is 129 Å². The predicted molar refractivity (Wildman–Crippen MR) is 83.4 cm³/mol. The lowest BCUT2D eigenvalue weighted by atomic mass is 10.2. The van der Waals surface area contributed by atoms with Crippen molar-refractivity contribution in [2.45, 2.75) is 19.8 Å². The molecule has 0 spiro atoms. The van der Waals surface area contributed by atoms with E-state index >= 15 is 0 Å². The SMILES string of the molecule is CCCCOc1ccc(-c2nc(-c3ccncc3)no2)cc1. The molecule has 0 aliphatic heterocycles. The van der Waals surface area contributed by atoms with Crippen LogP contribution in [-0.4, -0.2) is 21.7 Å². The van der Waals surface area contributed by atoms with Gasteiger partial charge in [-0.3, -0.25) is 4.98 Å². The second-order valence-electron chi connectivity index (χ2n) is 4.89. The molecule has 0 fully saturated rings. The molecule has 0 amide bonds. The fraction of sp³-hybridized carbons (Fsp3) is 0.235. The van der Waals surface area contributed by atoms with E-state index < -0.39 is 0 Å². The molecule has 22 heavy (non-hydrogen) atoms. The smallest absolute Gasteiger partial charge is 0.258 e. The zero-order valence-corrected chi connectivity index (χ0v) is 12.4. The number of ether oxygens (including phenoxy) is 1. The number of benzene rings is 1. The molecular formula is C17H17N3O2. The van der Waals surface area contributed by atoms with Crippen LogP contribution in [0, 0.1) is 0 Å². The Balaban J connectivity index is 1.73. The van der Waals surface area contributed by atoms with E-state index in [0.29, 0.717) is 11.7 Å². The topological polar surface area (TPSA) is 61.0 Å². The summed E-state index contributed by atoms with van der Waals surface area (Å²) in [4.78, 5) is 8.39. The van der Waals surface area contributed by atoms with Gasteiger partial charge < -0.3 is 9.26 Å². The second-order valence-corrected chi connectivity index (χ2v) is 4.89. The lowest BCUT2D eigenvalue weighted by molar-refractivity contribution is 0.309. The Kier molecular flexibility index (Phi) is 4.44. The molecule has 0 N–H and O–H groups in total.